The number of nitrogens with zero attached hydrogens (tertiary/aromatic N) is 4. The largest absolute Gasteiger partial charge is 0.467 e. The third-order valence-electron chi connectivity index (χ3n) is 4.96. The SMILES string of the molecule is Cc1c(C[C@@H](C)NC(=O)OC(C)(C)C)sc2c(N(Cc3ccco3)C(=O)OC(C)(C)C)nc(C#N)nc12. The lowest BCUT2D eigenvalue weighted by atomic mass is 10.1. The van der Waals surface area contributed by atoms with Crippen LogP contribution in [0.15, 0.2) is 22.8 Å². The first-order chi connectivity index (χ1) is 17.2. The number of fused-ring (bicyclic) bond motifs is 1. The molecule has 2 amide bonds. The van der Waals surface area contributed by atoms with Crippen LogP contribution in [0.25, 0.3) is 10.2 Å². The monoisotopic (exact) mass is 527 g/mol. The van der Waals surface area contributed by atoms with Gasteiger partial charge in [-0.15, -0.1) is 11.3 Å². The molecule has 11 heteroatoms. The van der Waals surface area contributed by atoms with E-state index >= 15 is 0 Å². The summed E-state index contributed by atoms with van der Waals surface area (Å²) in [5.74, 6) is 0.724. The van der Waals surface area contributed by atoms with E-state index in [4.69, 9.17) is 13.9 Å². The number of rotatable bonds is 6. The van der Waals surface area contributed by atoms with Crippen molar-refractivity contribution < 1.29 is 23.5 Å². The molecule has 0 aliphatic heterocycles. The molecule has 3 aromatic heterocycles. The fourth-order valence-electron chi connectivity index (χ4n) is 3.49. The summed E-state index contributed by atoms with van der Waals surface area (Å²) < 4.78 is 17.1. The molecule has 0 bridgehead atoms. The summed E-state index contributed by atoms with van der Waals surface area (Å²) in [4.78, 5) is 36.7. The molecule has 0 fully saturated rings. The van der Waals surface area contributed by atoms with Crippen molar-refractivity contribution in [3.63, 3.8) is 0 Å². The van der Waals surface area contributed by atoms with Crippen molar-refractivity contribution in [3.8, 4) is 6.07 Å². The Morgan fingerprint density at radius 3 is 2.43 bits per heavy atom. The molecular weight excluding hydrogens is 494 g/mol. The van der Waals surface area contributed by atoms with Gasteiger partial charge in [0.15, 0.2) is 5.82 Å². The van der Waals surface area contributed by atoms with Crippen LogP contribution >= 0.6 is 11.3 Å². The lowest BCUT2D eigenvalue weighted by Gasteiger charge is -2.26. The predicted molar refractivity (Wildman–Crippen MR) is 141 cm³/mol. The van der Waals surface area contributed by atoms with Crippen LogP contribution in [0.2, 0.25) is 0 Å². The number of aryl methyl sites for hydroxylation is 1. The van der Waals surface area contributed by atoms with Gasteiger partial charge in [-0.1, -0.05) is 0 Å². The minimum atomic E-state index is -0.748. The van der Waals surface area contributed by atoms with Gasteiger partial charge in [-0.05, 0) is 73.1 Å². The maximum Gasteiger partial charge on any atom is 0.416 e. The summed E-state index contributed by atoms with van der Waals surface area (Å²) in [5.41, 5.74) is 0.0653. The summed E-state index contributed by atoms with van der Waals surface area (Å²) in [6.07, 6.45) is 0.893. The molecule has 10 nitrogen and oxygen atoms in total. The standard InChI is InChI=1S/C26H33N5O5S/c1-15(28-23(32)35-25(3,4)5)12-18-16(2)20-21(37-18)22(30-19(13-27)29-20)31(14-17-10-9-11-34-17)24(33)36-26(6,7)8/h9-11,15H,12,14H2,1-8H3,(H,28,32)/t15-/m1/s1. The minimum Gasteiger partial charge on any atom is -0.467 e. The molecule has 1 N–H and O–H groups in total. The number of nitrogens with one attached hydrogen (secondary N) is 1. The van der Waals surface area contributed by atoms with Crippen LogP contribution in [0.3, 0.4) is 0 Å². The van der Waals surface area contributed by atoms with Crippen molar-refractivity contribution in [2.45, 2.75) is 85.6 Å². The van der Waals surface area contributed by atoms with Crippen LogP contribution in [0.4, 0.5) is 15.4 Å². The highest BCUT2D eigenvalue weighted by atomic mass is 32.1. The molecule has 0 saturated carbocycles. The van der Waals surface area contributed by atoms with Crippen molar-refractivity contribution in [2.24, 2.45) is 0 Å². The van der Waals surface area contributed by atoms with Crippen LogP contribution < -0.4 is 10.2 Å². The zero-order valence-electron chi connectivity index (χ0n) is 22.5. The second-order valence-electron chi connectivity index (χ2n) is 10.7. The van der Waals surface area contributed by atoms with E-state index in [2.05, 4.69) is 15.3 Å². The number of ether oxygens (including phenoxy) is 2. The molecule has 0 aliphatic carbocycles. The van der Waals surface area contributed by atoms with Gasteiger partial charge >= 0.3 is 12.2 Å². The Morgan fingerprint density at radius 2 is 1.86 bits per heavy atom. The zero-order chi connectivity index (χ0) is 27.5. The highest BCUT2D eigenvalue weighted by Crippen LogP contribution is 2.37. The lowest BCUT2D eigenvalue weighted by Crippen LogP contribution is -2.38. The first-order valence-corrected chi connectivity index (χ1v) is 12.7. The molecule has 1 atom stereocenters. The van der Waals surface area contributed by atoms with Crippen LogP contribution in [-0.4, -0.2) is 39.4 Å². The van der Waals surface area contributed by atoms with Gasteiger partial charge in [0.25, 0.3) is 0 Å². The normalized spacial score (nSPS) is 12.6. The number of hydrogen-bond donors (Lipinski definition) is 1. The first-order valence-electron chi connectivity index (χ1n) is 11.9. The quantitative estimate of drug-likeness (QED) is 0.422. The average Bonchev–Trinajstić information content (AvgIpc) is 3.37. The summed E-state index contributed by atoms with van der Waals surface area (Å²) in [5, 5.41) is 12.5. The second-order valence-corrected chi connectivity index (χ2v) is 11.8. The third kappa shape index (κ3) is 7.43. The van der Waals surface area contributed by atoms with Gasteiger partial charge in [0.1, 0.15) is 23.0 Å². The molecule has 3 aromatic rings. The van der Waals surface area contributed by atoms with E-state index in [9.17, 15) is 14.9 Å². The maximum atomic E-state index is 13.3. The van der Waals surface area contributed by atoms with E-state index in [1.807, 2.05) is 19.9 Å². The molecule has 0 spiro atoms. The van der Waals surface area contributed by atoms with Gasteiger partial charge in [0.05, 0.1) is 23.0 Å². The van der Waals surface area contributed by atoms with Crippen molar-refractivity contribution in [1.29, 1.82) is 5.26 Å². The number of nitriles is 1. The fourth-order valence-corrected chi connectivity index (χ4v) is 4.86. The molecule has 0 saturated heterocycles. The number of aromatic nitrogens is 2. The van der Waals surface area contributed by atoms with Crippen molar-refractivity contribution in [1.82, 2.24) is 15.3 Å². The number of carbonyl (C=O) groups excluding carboxylic acids is 2. The lowest BCUT2D eigenvalue weighted by molar-refractivity contribution is 0.0506. The summed E-state index contributed by atoms with van der Waals surface area (Å²) in [7, 11) is 0. The number of alkyl carbamates (subject to hydrolysis) is 1. The smallest absolute Gasteiger partial charge is 0.416 e. The molecule has 0 aliphatic rings. The Kier molecular flexibility index (Phi) is 8.12. The van der Waals surface area contributed by atoms with Gasteiger partial charge in [-0.3, -0.25) is 4.90 Å². The zero-order valence-corrected chi connectivity index (χ0v) is 23.3. The Hall–Kier alpha value is -3.65. The van der Waals surface area contributed by atoms with Crippen molar-refractivity contribution >= 4 is 39.6 Å². The Morgan fingerprint density at radius 1 is 1.19 bits per heavy atom. The number of hydrogen-bond acceptors (Lipinski definition) is 9. The molecule has 198 valence electrons. The van der Waals surface area contributed by atoms with E-state index < -0.39 is 23.4 Å². The van der Waals surface area contributed by atoms with Gasteiger partial charge in [0, 0.05) is 17.3 Å². The van der Waals surface area contributed by atoms with E-state index in [1.54, 1.807) is 53.7 Å². The van der Waals surface area contributed by atoms with Gasteiger partial charge in [-0.2, -0.15) is 10.2 Å². The fraction of sp³-hybridized carbons (Fsp3) is 0.500. The number of amides is 2. The van der Waals surface area contributed by atoms with E-state index in [0.29, 0.717) is 22.4 Å². The maximum absolute atomic E-state index is 13.3. The van der Waals surface area contributed by atoms with Gasteiger partial charge < -0.3 is 19.2 Å². The second kappa shape index (κ2) is 10.8. The summed E-state index contributed by atoms with van der Waals surface area (Å²) in [6.45, 7) is 14.6. The van der Waals surface area contributed by atoms with Crippen LogP contribution in [0.1, 0.15) is 70.5 Å². The van der Waals surface area contributed by atoms with Gasteiger partial charge in [-0.25, -0.2) is 14.6 Å². The number of carbonyl (C=O) groups is 2. The van der Waals surface area contributed by atoms with Crippen molar-refractivity contribution in [3.05, 3.63) is 40.4 Å². The van der Waals surface area contributed by atoms with E-state index in [-0.39, 0.29) is 24.2 Å². The molecule has 0 unspecified atom stereocenters. The predicted octanol–water partition coefficient (Wildman–Crippen LogP) is 5.86. The van der Waals surface area contributed by atoms with Crippen LogP contribution in [-0.2, 0) is 22.4 Å². The number of anilines is 1. The van der Waals surface area contributed by atoms with E-state index in [1.165, 1.54) is 22.5 Å². The van der Waals surface area contributed by atoms with Crippen LogP contribution in [0, 0.1) is 18.3 Å². The number of thiophene rings is 1. The topological polar surface area (TPSA) is 131 Å². The van der Waals surface area contributed by atoms with Gasteiger partial charge in [0.2, 0.25) is 5.82 Å². The molecule has 37 heavy (non-hydrogen) atoms. The Bertz CT molecular complexity index is 1310. The summed E-state index contributed by atoms with van der Waals surface area (Å²) >= 11 is 1.41. The Labute approximate surface area is 220 Å². The molecular formula is C26H33N5O5S. The first kappa shape index (κ1) is 27.9. The number of furan rings is 1. The summed E-state index contributed by atoms with van der Waals surface area (Å²) in [6, 6.07) is 5.23. The minimum absolute atomic E-state index is 0.0573. The van der Waals surface area contributed by atoms with E-state index in [0.717, 1.165) is 10.4 Å². The molecule has 3 rings (SSSR count). The Balaban J connectivity index is 2.02. The molecule has 0 radical (unpaired) electrons. The highest BCUT2D eigenvalue weighted by molar-refractivity contribution is 7.19. The van der Waals surface area contributed by atoms with Crippen molar-refractivity contribution in [2.75, 3.05) is 4.90 Å². The highest BCUT2D eigenvalue weighted by Gasteiger charge is 2.29. The average molecular weight is 528 g/mol. The van der Waals surface area contributed by atoms with Crippen LogP contribution in [0.5, 0.6) is 0 Å². The molecule has 3 heterocycles. The third-order valence-corrected chi connectivity index (χ3v) is 6.26. The molecule has 0 aromatic carbocycles.